The Hall–Kier alpha value is -3.01. The number of benzene rings is 3. The van der Waals surface area contributed by atoms with E-state index in [1.165, 1.54) is 16.7 Å². The Morgan fingerprint density at radius 1 is 1.06 bits per heavy atom. The Labute approximate surface area is 184 Å². The zero-order chi connectivity index (χ0) is 22.3. The van der Waals surface area contributed by atoms with Gasteiger partial charge in [0.05, 0.1) is 13.0 Å². The second-order valence-electron chi connectivity index (χ2n) is 8.97. The van der Waals surface area contributed by atoms with Crippen molar-refractivity contribution in [1.29, 1.82) is 0 Å². The Morgan fingerprint density at radius 3 is 2.52 bits per heavy atom. The number of methoxy groups -OCH3 is 1. The first kappa shape index (κ1) is 21.2. The quantitative estimate of drug-likeness (QED) is 0.490. The lowest BCUT2D eigenvalue weighted by Crippen LogP contribution is -2.37. The van der Waals surface area contributed by atoms with Crippen LogP contribution in [-0.4, -0.2) is 25.3 Å². The van der Waals surface area contributed by atoms with Gasteiger partial charge in [0.2, 0.25) is 0 Å². The minimum absolute atomic E-state index is 0.230. The van der Waals surface area contributed by atoms with Crippen molar-refractivity contribution in [3.8, 4) is 11.5 Å². The van der Waals surface area contributed by atoms with Gasteiger partial charge < -0.3 is 14.2 Å². The third kappa shape index (κ3) is 3.99. The lowest BCUT2D eigenvalue weighted by atomic mass is 9.94. The van der Waals surface area contributed by atoms with Crippen LogP contribution >= 0.6 is 0 Å². The van der Waals surface area contributed by atoms with Gasteiger partial charge in [0, 0.05) is 12.0 Å². The molecule has 3 aromatic rings. The molecule has 1 aliphatic heterocycles. The first-order chi connectivity index (χ1) is 14.7. The SMILES string of the molecule is COc1ccc2cc(C(C)C(=O)OCC3(C)Cc4c(C)cc(C)c(C)c4O3)ccc2c1. The number of carbonyl (C=O) groups excluding carboxylic acids is 1. The van der Waals surface area contributed by atoms with Crippen molar-refractivity contribution in [2.45, 2.75) is 52.6 Å². The van der Waals surface area contributed by atoms with Crippen molar-refractivity contribution >= 4 is 16.7 Å². The third-order valence-corrected chi connectivity index (χ3v) is 6.46. The molecule has 3 aromatic carbocycles. The summed E-state index contributed by atoms with van der Waals surface area (Å²) in [6.45, 7) is 10.4. The molecule has 1 heterocycles. The second-order valence-corrected chi connectivity index (χ2v) is 8.97. The molecule has 1 aliphatic rings. The van der Waals surface area contributed by atoms with Gasteiger partial charge in [-0.3, -0.25) is 4.79 Å². The minimum atomic E-state index is -0.541. The molecule has 0 aromatic heterocycles. The molecule has 31 heavy (non-hydrogen) atoms. The standard InChI is InChI=1S/C27H30O4/c1-16-11-17(2)24-14-27(5,31-25(24)18(16)3)15-30-26(28)19(4)20-7-8-22-13-23(29-6)10-9-21(22)12-20/h7-13,19H,14-15H2,1-6H3. The average molecular weight is 419 g/mol. The Morgan fingerprint density at radius 2 is 1.77 bits per heavy atom. The number of esters is 1. The summed E-state index contributed by atoms with van der Waals surface area (Å²) < 4.78 is 17.4. The Kier molecular flexibility index (Phi) is 5.42. The van der Waals surface area contributed by atoms with Crippen LogP contribution in [0.25, 0.3) is 10.8 Å². The summed E-state index contributed by atoms with van der Waals surface area (Å²) in [7, 11) is 1.66. The summed E-state index contributed by atoms with van der Waals surface area (Å²) in [5.41, 5.74) is 5.23. The van der Waals surface area contributed by atoms with Crippen LogP contribution in [-0.2, 0) is 16.0 Å². The van der Waals surface area contributed by atoms with Gasteiger partial charge in [-0.25, -0.2) is 0 Å². The average Bonchev–Trinajstić information content (AvgIpc) is 3.13. The van der Waals surface area contributed by atoms with Crippen molar-refractivity contribution in [3.63, 3.8) is 0 Å². The lowest BCUT2D eigenvalue weighted by Gasteiger charge is -2.25. The smallest absolute Gasteiger partial charge is 0.313 e. The highest BCUT2D eigenvalue weighted by atomic mass is 16.6. The molecule has 0 N–H and O–H groups in total. The molecule has 0 bridgehead atoms. The fourth-order valence-corrected chi connectivity index (χ4v) is 4.32. The van der Waals surface area contributed by atoms with Gasteiger partial charge in [-0.05, 0) is 79.8 Å². The summed E-state index contributed by atoms with van der Waals surface area (Å²) in [6, 6.07) is 14.2. The van der Waals surface area contributed by atoms with Crippen molar-refractivity contribution in [3.05, 3.63) is 70.3 Å². The Bertz CT molecular complexity index is 1160. The van der Waals surface area contributed by atoms with Gasteiger partial charge in [0.15, 0.2) is 0 Å². The fraction of sp³-hybridized carbons (Fsp3) is 0.370. The van der Waals surface area contributed by atoms with Crippen LogP contribution < -0.4 is 9.47 Å². The molecule has 2 unspecified atom stereocenters. The third-order valence-electron chi connectivity index (χ3n) is 6.46. The molecule has 0 amide bonds. The predicted molar refractivity (Wildman–Crippen MR) is 123 cm³/mol. The van der Waals surface area contributed by atoms with Gasteiger partial charge in [-0.1, -0.05) is 30.3 Å². The summed E-state index contributed by atoms with van der Waals surface area (Å²) in [5, 5.41) is 2.15. The van der Waals surface area contributed by atoms with Crippen molar-refractivity contribution in [2.75, 3.05) is 13.7 Å². The van der Waals surface area contributed by atoms with Crippen molar-refractivity contribution in [2.24, 2.45) is 0 Å². The summed E-state index contributed by atoms with van der Waals surface area (Å²) in [6.07, 6.45) is 0.745. The van der Waals surface area contributed by atoms with Crippen molar-refractivity contribution in [1.82, 2.24) is 0 Å². The van der Waals surface area contributed by atoms with Crippen molar-refractivity contribution < 1.29 is 19.0 Å². The molecule has 0 spiro atoms. The van der Waals surface area contributed by atoms with Crippen LogP contribution in [0.5, 0.6) is 11.5 Å². The molecule has 4 rings (SSSR count). The maximum absolute atomic E-state index is 12.8. The highest BCUT2D eigenvalue weighted by Gasteiger charge is 2.38. The highest BCUT2D eigenvalue weighted by molar-refractivity contribution is 5.86. The Balaban J connectivity index is 1.45. The highest BCUT2D eigenvalue weighted by Crippen LogP contribution is 2.41. The molecule has 0 saturated carbocycles. The van der Waals surface area contributed by atoms with Crippen LogP contribution in [0.1, 0.15) is 47.6 Å². The first-order valence-corrected chi connectivity index (χ1v) is 10.7. The van der Waals surface area contributed by atoms with E-state index in [1.807, 2.05) is 50.2 Å². The van der Waals surface area contributed by atoms with Crippen LogP contribution in [0, 0.1) is 20.8 Å². The normalized spacial score (nSPS) is 18.4. The van der Waals surface area contributed by atoms with E-state index in [2.05, 4.69) is 26.8 Å². The number of rotatable bonds is 5. The molecular formula is C27H30O4. The van der Waals surface area contributed by atoms with Gasteiger partial charge in [-0.2, -0.15) is 0 Å². The topological polar surface area (TPSA) is 44.8 Å². The first-order valence-electron chi connectivity index (χ1n) is 10.7. The molecule has 2 atom stereocenters. The van der Waals surface area contributed by atoms with Gasteiger partial charge >= 0.3 is 5.97 Å². The van der Waals surface area contributed by atoms with E-state index in [0.29, 0.717) is 0 Å². The monoisotopic (exact) mass is 418 g/mol. The maximum atomic E-state index is 12.8. The predicted octanol–water partition coefficient (Wildman–Crippen LogP) is 5.81. The van der Waals surface area contributed by atoms with E-state index in [4.69, 9.17) is 14.2 Å². The van der Waals surface area contributed by atoms with E-state index in [1.54, 1.807) is 7.11 Å². The van der Waals surface area contributed by atoms with E-state index in [-0.39, 0.29) is 18.5 Å². The number of carbonyl (C=O) groups is 1. The van der Waals surface area contributed by atoms with Gasteiger partial charge in [0.25, 0.3) is 0 Å². The summed E-state index contributed by atoms with van der Waals surface area (Å²) in [4.78, 5) is 12.8. The molecule has 4 nitrogen and oxygen atoms in total. The molecule has 0 fully saturated rings. The zero-order valence-electron chi connectivity index (χ0n) is 19.2. The molecule has 0 saturated heterocycles. The van der Waals surface area contributed by atoms with Crippen LogP contribution in [0.2, 0.25) is 0 Å². The maximum Gasteiger partial charge on any atom is 0.313 e. The largest absolute Gasteiger partial charge is 0.497 e. The van der Waals surface area contributed by atoms with Gasteiger partial charge in [0.1, 0.15) is 23.7 Å². The second kappa shape index (κ2) is 7.92. The molecule has 4 heteroatoms. The molecule has 0 aliphatic carbocycles. The van der Waals surface area contributed by atoms with Crippen LogP contribution in [0.15, 0.2) is 42.5 Å². The summed E-state index contributed by atoms with van der Waals surface area (Å²) >= 11 is 0. The lowest BCUT2D eigenvalue weighted by molar-refractivity contribution is -0.150. The number of hydrogen-bond acceptors (Lipinski definition) is 4. The van der Waals surface area contributed by atoms with Gasteiger partial charge in [-0.15, -0.1) is 0 Å². The molecule has 162 valence electrons. The van der Waals surface area contributed by atoms with Crippen LogP contribution in [0.4, 0.5) is 0 Å². The number of aryl methyl sites for hydroxylation is 2. The molecule has 0 radical (unpaired) electrons. The molecular weight excluding hydrogens is 388 g/mol. The number of ether oxygens (including phenoxy) is 3. The summed E-state index contributed by atoms with van der Waals surface area (Å²) in [5.74, 6) is 1.18. The van der Waals surface area contributed by atoms with E-state index in [9.17, 15) is 4.79 Å². The zero-order valence-corrected chi connectivity index (χ0v) is 19.2. The van der Waals surface area contributed by atoms with E-state index in [0.717, 1.165) is 39.8 Å². The van der Waals surface area contributed by atoms with E-state index < -0.39 is 5.60 Å². The number of hydrogen-bond donors (Lipinski definition) is 0. The van der Waals surface area contributed by atoms with E-state index >= 15 is 0 Å². The number of fused-ring (bicyclic) bond motifs is 2. The van der Waals surface area contributed by atoms with Crippen LogP contribution in [0.3, 0.4) is 0 Å². The fourth-order valence-electron chi connectivity index (χ4n) is 4.32. The minimum Gasteiger partial charge on any atom is -0.497 e.